The molecule has 0 spiro atoms. The van der Waals surface area contributed by atoms with E-state index in [1.165, 1.54) is 17.7 Å². The summed E-state index contributed by atoms with van der Waals surface area (Å²) in [6, 6.07) is 8.71. The zero-order valence-corrected chi connectivity index (χ0v) is 19.5. The quantitative estimate of drug-likeness (QED) is 0.366. The van der Waals surface area contributed by atoms with Crippen LogP contribution in [0.5, 0.6) is 0 Å². The fourth-order valence-corrected chi connectivity index (χ4v) is 4.75. The smallest absolute Gasteiger partial charge is 0.323 e. The number of unbranched alkanes of at least 4 members (excludes halogenated alkanes) is 1. The van der Waals surface area contributed by atoms with Crippen molar-refractivity contribution >= 4 is 27.7 Å². The van der Waals surface area contributed by atoms with Crippen molar-refractivity contribution in [3.63, 3.8) is 0 Å². The van der Waals surface area contributed by atoms with Crippen LogP contribution in [0.1, 0.15) is 42.5 Å². The van der Waals surface area contributed by atoms with Crippen molar-refractivity contribution in [3.8, 4) is 0 Å². The number of carbonyl (C=O) groups is 2. The molecular weight excluding hydrogens is 444 g/mol. The molecule has 33 heavy (non-hydrogen) atoms. The van der Waals surface area contributed by atoms with Crippen molar-refractivity contribution in [2.45, 2.75) is 56.4 Å². The molecule has 0 saturated heterocycles. The van der Waals surface area contributed by atoms with E-state index in [0.29, 0.717) is 6.42 Å². The number of aryl methyl sites for hydroxylation is 3. The average Bonchev–Trinajstić information content (AvgIpc) is 2.79. The minimum absolute atomic E-state index is 0.0309. The molecule has 1 aliphatic heterocycles. The number of carboxylic acids is 1. The van der Waals surface area contributed by atoms with Gasteiger partial charge in [-0.3, -0.25) is 9.59 Å². The van der Waals surface area contributed by atoms with E-state index >= 15 is 0 Å². The second-order valence-corrected chi connectivity index (χ2v) is 9.89. The maximum Gasteiger partial charge on any atom is 0.323 e. The summed E-state index contributed by atoms with van der Waals surface area (Å²) in [4.78, 5) is 28.2. The van der Waals surface area contributed by atoms with E-state index in [1.54, 1.807) is 12.1 Å². The summed E-state index contributed by atoms with van der Waals surface area (Å²) in [6.07, 6.45) is 4.50. The minimum atomic E-state index is -4.02. The molecule has 4 N–H and O–H groups in total. The van der Waals surface area contributed by atoms with Gasteiger partial charge in [0.05, 0.1) is 4.90 Å². The second kappa shape index (κ2) is 11.2. The number of hydrogen-bond donors (Lipinski definition) is 4. The van der Waals surface area contributed by atoms with Crippen LogP contribution < -0.4 is 15.4 Å². The van der Waals surface area contributed by atoms with Crippen molar-refractivity contribution in [3.05, 3.63) is 53.2 Å². The third kappa shape index (κ3) is 7.26. The Bertz CT molecular complexity index is 1090. The lowest BCUT2D eigenvalue weighted by molar-refractivity contribution is -0.138. The first-order chi connectivity index (χ1) is 15.7. The Labute approximate surface area is 194 Å². The first kappa shape index (κ1) is 24.7. The molecule has 178 valence electrons. The summed E-state index contributed by atoms with van der Waals surface area (Å²) in [7, 11) is -4.02. The molecule has 0 saturated carbocycles. The number of aliphatic carboxylic acids is 1. The molecule has 1 aromatic carbocycles. The van der Waals surface area contributed by atoms with E-state index in [9.17, 15) is 23.1 Å². The predicted octanol–water partition coefficient (Wildman–Crippen LogP) is 2.01. The van der Waals surface area contributed by atoms with Gasteiger partial charge < -0.3 is 15.7 Å². The number of carboxylic acid groups (broad SMARTS) is 1. The lowest BCUT2D eigenvalue weighted by atomic mass is 10.1. The number of carbonyl (C=O) groups excluding carboxylic acids is 1. The molecule has 9 nitrogen and oxygen atoms in total. The standard InChI is InChI=1S/C23H30N4O5S/c1-16-8-12-19(13-9-16)33(31,32)27-20(23(29)30)15-25-21(28)7-3-2-6-18-11-10-17-5-4-14-24-22(17)26-18/h8-13,20,27H,2-7,14-15H2,1H3,(H,24,26)(H,25,28)(H,29,30)/t20-/m0/s1. The zero-order chi connectivity index (χ0) is 23.8. The van der Waals surface area contributed by atoms with Crippen LogP contribution in [-0.4, -0.2) is 49.5 Å². The summed E-state index contributed by atoms with van der Waals surface area (Å²) < 4.78 is 27.0. The fraction of sp³-hybridized carbons (Fsp3) is 0.435. The minimum Gasteiger partial charge on any atom is -0.480 e. The maximum absolute atomic E-state index is 12.4. The van der Waals surface area contributed by atoms with Gasteiger partial charge in [-0.15, -0.1) is 0 Å². The number of rotatable bonds is 11. The number of sulfonamides is 1. The summed E-state index contributed by atoms with van der Waals surface area (Å²) >= 11 is 0. The molecule has 0 radical (unpaired) electrons. The molecule has 1 aromatic heterocycles. The number of nitrogens with one attached hydrogen (secondary N) is 3. The number of benzene rings is 1. The third-order valence-electron chi connectivity index (χ3n) is 5.47. The number of pyridine rings is 1. The Kier molecular flexibility index (Phi) is 8.40. The van der Waals surface area contributed by atoms with Gasteiger partial charge in [0, 0.05) is 25.2 Å². The first-order valence-electron chi connectivity index (χ1n) is 11.1. The van der Waals surface area contributed by atoms with Crippen LogP contribution >= 0.6 is 0 Å². The van der Waals surface area contributed by atoms with E-state index < -0.39 is 22.0 Å². The summed E-state index contributed by atoms with van der Waals surface area (Å²) in [6.45, 7) is 2.42. The van der Waals surface area contributed by atoms with Gasteiger partial charge in [-0.05, 0) is 62.8 Å². The zero-order valence-electron chi connectivity index (χ0n) is 18.6. The Hall–Kier alpha value is -2.98. The van der Waals surface area contributed by atoms with Crippen LogP contribution in [-0.2, 0) is 32.5 Å². The summed E-state index contributed by atoms with van der Waals surface area (Å²) in [5, 5.41) is 15.2. The maximum atomic E-state index is 12.4. The lowest BCUT2D eigenvalue weighted by Crippen LogP contribution is -2.48. The highest BCUT2D eigenvalue weighted by Gasteiger charge is 2.25. The van der Waals surface area contributed by atoms with Crippen molar-refractivity contribution in [1.82, 2.24) is 15.0 Å². The van der Waals surface area contributed by atoms with Crippen LogP contribution in [0.25, 0.3) is 0 Å². The number of fused-ring (bicyclic) bond motifs is 1. The van der Waals surface area contributed by atoms with Gasteiger partial charge in [0.15, 0.2) is 0 Å². The average molecular weight is 475 g/mol. The molecule has 0 fully saturated rings. The van der Waals surface area contributed by atoms with Crippen LogP contribution in [0.2, 0.25) is 0 Å². The third-order valence-corrected chi connectivity index (χ3v) is 6.96. The van der Waals surface area contributed by atoms with Gasteiger partial charge in [-0.1, -0.05) is 23.8 Å². The molecule has 0 unspecified atom stereocenters. The lowest BCUT2D eigenvalue weighted by Gasteiger charge is -2.17. The van der Waals surface area contributed by atoms with E-state index in [2.05, 4.69) is 26.4 Å². The monoisotopic (exact) mass is 474 g/mol. The SMILES string of the molecule is Cc1ccc(S(=O)(=O)N[C@@H](CNC(=O)CCCCc2ccc3c(n2)NCCC3)C(=O)O)cc1. The van der Waals surface area contributed by atoms with E-state index in [1.807, 2.05) is 13.0 Å². The molecule has 1 aliphatic rings. The van der Waals surface area contributed by atoms with Crippen LogP contribution in [0, 0.1) is 6.92 Å². The summed E-state index contributed by atoms with van der Waals surface area (Å²) in [5.74, 6) is -0.738. The highest BCUT2D eigenvalue weighted by atomic mass is 32.2. The van der Waals surface area contributed by atoms with Crippen LogP contribution in [0.15, 0.2) is 41.3 Å². The van der Waals surface area contributed by atoms with Gasteiger partial charge in [-0.25, -0.2) is 13.4 Å². The molecule has 1 atom stereocenters. The van der Waals surface area contributed by atoms with Crippen molar-refractivity contribution in [1.29, 1.82) is 0 Å². The van der Waals surface area contributed by atoms with Gasteiger partial charge in [-0.2, -0.15) is 4.72 Å². The topological polar surface area (TPSA) is 137 Å². The van der Waals surface area contributed by atoms with Crippen molar-refractivity contribution < 1.29 is 23.1 Å². The van der Waals surface area contributed by atoms with Crippen molar-refractivity contribution in [2.24, 2.45) is 0 Å². The molecule has 2 heterocycles. The van der Waals surface area contributed by atoms with Gasteiger partial charge in [0.2, 0.25) is 15.9 Å². The van der Waals surface area contributed by atoms with E-state index in [0.717, 1.165) is 49.3 Å². The Morgan fingerprint density at radius 2 is 1.91 bits per heavy atom. The van der Waals surface area contributed by atoms with Crippen LogP contribution in [0.4, 0.5) is 5.82 Å². The molecule has 0 aliphatic carbocycles. The van der Waals surface area contributed by atoms with E-state index in [-0.39, 0.29) is 23.8 Å². The number of hydrogen-bond acceptors (Lipinski definition) is 6. The normalized spacial score (nSPS) is 14.1. The highest BCUT2D eigenvalue weighted by molar-refractivity contribution is 7.89. The Morgan fingerprint density at radius 3 is 2.64 bits per heavy atom. The predicted molar refractivity (Wildman–Crippen MR) is 125 cm³/mol. The number of anilines is 1. The summed E-state index contributed by atoms with van der Waals surface area (Å²) in [5.41, 5.74) is 3.09. The first-order valence-corrected chi connectivity index (χ1v) is 12.5. The van der Waals surface area contributed by atoms with Gasteiger partial charge in [0.25, 0.3) is 0 Å². The fourth-order valence-electron chi connectivity index (χ4n) is 3.56. The Balaban J connectivity index is 1.42. The largest absolute Gasteiger partial charge is 0.480 e. The Morgan fingerprint density at radius 1 is 1.15 bits per heavy atom. The van der Waals surface area contributed by atoms with Crippen molar-refractivity contribution in [2.75, 3.05) is 18.4 Å². The molecule has 3 rings (SSSR count). The van der Waals surface area contributed by atoms with E-state index in [4.69, 9.17) is 0 Å². The van der Waals surface area contributed by atoms with Crippen LogP contribution in [0.3, 0.4) is 0 Å². The molecule has 2 aromatic rings. The second-order valence-electron chi connectivity index (χ2n) is 8.18. The number of aromatic nitrogens is 1. The van der Waals surface area contributed by atoms with Gasteiger partial charge in [0.1, 0.15) is 11.9 Å². The molecular formula is C23H30N4O5S. The molecule has 0 bridgehead atoms. The molecule has 1 amide bonds. The molecule has 10 heteroatoms. The number of amides is 1. The van der Waals surface area contributed by atoms with Gasteiger partial charge >= 0.3 is 5.97 Å². The number of nitrogens with zero attached hydrogens (tertiary/aromatic N) is 1. The highest BCUT2D eigenvalue weighted by Crippen LogP contribution is 2.20.